The van der Waals surface area contributed by atoms with Gasteiger partial charge in [-0.05, 0) is 60.1 Å². The number of benzene rings is 1. The molecule has 23 heteroatoms. The van der Waals surface area contributed by atoms with Gasteiger partial charge in [0.1, 0.15) is 36.3 Å². The van der Waals surface area contributed by atoms with Gasteiger partial charge < -0.3 is 52.8 Å². The first-order chi connectivity index (χ1) is 28.4. The van der Waals surface area contributed by atoms with Crippen molar-refractivity contribution >= 4 is 91.8 Å². The summed E-state index contributed by atoms with van der Waals surface area (Å²) in [7, 11) is 11.4. The molecule has 0 spiro atoms. The Morgan fingerprint density at radius 2 is 0.984 bits per heavy atom. The van der Waals surface area contributed by atoms with E-state index in [1.54, 1.807) is 26.1 Å². The van der Waals surface area contributed by atoms with Crippen molar-refractivity contribution in [2.75, 3.05) is 6.54 Å². The summed E-state index contributed by atoms with van der Waals surface area (Å²) in [6, 6.07) is -0.754. The van der Waals surface area contributed by atoms with E-state index in [9.17, 15) is 47.9 Å². The Balaban J connectivity index is 2.07. The minimum atomic E-state index is -1.48. The number of carbonyl (C=O) groups excluding carboxylic acids is 10. The van der Waals surface area contributed by atoms with Gasteiger partial charge in [-0.3, -0.25) is 47.9 Å². The molecule has 8 atom stereocenters. The first kappa shape index (κ1) is 51.0. The van der Waals surface area contributed by atoms with Crippen molar-refractivity contribution in [2.24, 2.45) is 5.92 Å². The van der Waals surface area contributed by atoms with Crippen molar-refractivity contribution in [3.05, 3.63) is 36.0 Å². The summed E-state index contributed by atoms with van der Waals surface area (Å²) in [6.45, 7) is 11.0. The van der Waals surface area contributed by atoms with Gasteiger partial charge >= 0.3 is 0 Å². The zero-order chi connectivity index (χ0) is 46.3. The van der Waals surface area contributed by atoms with Crippen LogP contribution in [-0.4, -0.2) is 141 Å². The highest BCUT2D eigenvalue weighted by Gasteiger charge is 2.31. The smallest absolute Gasteiger partial charge is 0.243 e. The summed E-state index contributed by atoms with van der Waals surface area (Å²) in [5.41, 5.74) is 1.43. The van der Waals surface area contributed by atoms with Crippen LogP contribution in [0.4, 0.5) is 0 Å². The quantitative estimate of drug-likeness (QED) is 0.0521. The van der Waals surface area contributed by atoms with E-state index >= 15 is 0 Å². The van der Waals surface area contributed by atoms with Crippen LogP contribution in [0.15, 0.2) is 30.5 Å². The molecule has 0 aliphatic heterocycles. The number of ketones is 1. The lowest BCUT2D eigenvalue weighted by Crippen LogP contribution is -2.61. The molecule has 10 N–H and O–H groups in total. The SMILES string of the molecule is [B]B([B])[C@@H](NC(=O)CNC(=O)C(C)C)C(=O)N[C@@H](C)C(=O)N[C@H](C)C(=O)N[C@@H](C)C(=O)NC(Cc1c[nH]c2ccccc12)C(=O)N[C@@H](C)C(=O)N[C@H](C)C(=O)N[C@@H](C)C(C)=O. The van der Waals surface area contributed by atoms with Gasteiger partial charge in [0, 0.05) is 44.9 Å². The summed E-state index contributed by atoms with van der Waals surface area (Å²) in [5.74, 6) is -8.70. The number of carbonyl (C=O) groups is 10. The largest absolute Gasteiger partial charge is 0.361 e. The van der Waals surface area contributed by atoms with Crippen LogP contribution in [-0.2, 0) is 54.4 Å². The van der Waals surface area contributed by atoms with Gasteiger partial charge in [-0.1, -0.05) is 32.0 Å². The van der Waals surface area contributed by atoms with E-state index in [1.165, 1.54) is 48.5 Å². The summed E-state index contributed by atoms with van der Waals surface area (Å²) in [4.78, 5) is 130. The van der Waals surface area contributed by atoms with E-state index in [0.29, 0.717) is 5.56 Å². The zero-order valence-electron chi connectivity index (χ0n) is 35.8. The number of H-pyrrole nitrogens is 1. The van der Waals surface area contributed by atoms with E-state index in [4.69, 9.17) is 15.5 Å². The maximum atomic E-state index is 13.7. The lowest BCUT2D eigenvalue weighted by atomic mass is 9.16. The normalized spacial score (nSPS) is 14.9. The second-order valence-corrected chi connectivity index (χ2v) is 15.1. The third-order valence-corrected chi connectivity index (χ3v) is 9.39. The average molecular weight is 844 g/mol. The molecule has 0 saturated heterocycles. The van der Waals surface area contributed by atoms with Crippen LogP contribution in [0.25, 0.3) is 10.9 Å². The minimum absolute atomic E-state index is 0.0390. The number of Topliss-reactive ketones (excluding diaryl/α,β-unsaturated/α-hetero) is 1. The van der Waals surface area contributed by atoms with E-state index in [1.807, 2.05) is 18.2 Å². The molecule has 1 unspecified atom stereocenters. The fourth-order valence-corrected chi connectivity index (χ4v) is 5.36. The Hall–Kier alpha value is -6.15. The maximum absolute atomic E-state index is 13.7. The van der Waals surface area contributed by atoms with Crippen molar-refractivity contribution in [1.82, 2.24) is 52.8 Å². The lowest BCUT2D eigenvalue weighted by molar-refractivity contribution is -0.135. The molecule has 2 rings (SSSR count). The Labute approximate surface area is 357 Å². The number of aromatic amines is 1. The molecule has 0 aliphatic rings. The van der Waals surface area contributed by atoms with Crippen LogP contribution in [0.1, 0.15) is 67.9 Å². The van der Waals surface area contributed by atoms with Crippen LogP contribution < -0.4 is 47.9 Å². The summed E-state index contributed by atoms with van der Waals surface area (Å²) in [5, 5.41) is 22.8. The molecule has 61 heavy (non-hydrogen) atoms. The van der Waals surface area contributed by atoms with Crippen LogP contribution in [0.3, 0.4) is 0 Å². The van der Waals surface area contributed by atoms with Gasteiger partial charge in [-0.2, -0.15) is 0 Å². The Morgan fingerprint density at radius 3 is 1.44 bits per heavy atom. The molecule has 1 heterocycles. The summed E-state index contributed by atoms with van der Waals surface area (Å²) in [6.07, 6.45) is 1.63. The third kappa shape index (κ3) is 16.1. The number of hydrogen-bond donors (Lipinski definition) is 10. The highest BCUT2D eigenvalue weighted by molar-refractivity contribution is 7.31. The Morgan fingerprint density at radius 1 is 0.557 bits per heavy atom. The minimum Gasteiger partial charge on any atom is -0.361 e. The molecule has 0 saturated carbocycles. The van der Waals surface area contributed by atoms with Crippen molar-refractivity contribution in [3.63, 3.8) is 0 Å². The molecule has 1 aromatic carbocycles. The molecule has 0 aliphatic carbocycles. The van der Waals surface area contributed by atoms with Crippen LogP contribution in [0, 0.1) is 5.92 Å². The zero-order valence-corrected chi connectivity index (χ0v) is 35.8. The summed E-state index contributed by atoms with van der Waals surface area (Å²) < 4.78 is 0. The van der Waals surface area contributed by atoms with Gasteiger partial charge in [0.2, 0.25) is 53.2 Å². The van der Waals surface area contributed by atoms with Gasteiger partial charge in [0.25, 0.3) is 0 Å². The number of rotatable bonds is 22. The van der Waals surface area contributed by atoms with Crippen molar-refractivity contribution in [1.29, 1.82) is 0 Å². The topological polar surface area (TPSA) is 295 Å². The van der Waals surface area contributed by atoms with Crippen molar-refractivity contribution < 1.29 is 47.9 Å². The predicted octanol–water partition coefficient (Wildman–Crippen LogP) is -3.57. The van der Waals surface area contributed by atoms with Crippen LogP contribution >= 0.6 is 0 Å². The summed E-state index contributed by atoms with van der Waals surface area (Å²) >= 11 is 0. The molecule has 1 aromatic heterocycles. The molecular weight excluding hydrogens is 789 g/mol. The molecule has 9 amide bonds. The van der Waals surface area contributed by atoms with Crippen LogP contribution in [0.2, 0.25) is 0 Å². The number of nitrogens with one attached hydrogen (secondary N) is 10. The maximum Gasteiger partial charge on any atom is 0.243 e. The number of aromatic nitrogens is 1. The Kier molecular flexibility index (Phi) is 19.7. The fraction of sp³-hybridized carbons (Fsp3) is 0.526. The van der Waals surface area contributed by atoms with Crippen molar-refractivity contribution in [3.8, 4) is 0 Å². The molecule has 326 valence electrons. The molecule has 4 radical (unpaired) electrons. The monoisotopic (exact) mass is 844 g/mol. The van der Waals surface area contributed by atoms with E-state index in [2.05, 4.69) is 52.8 Å². The number of amides is 9. The molecular formula is C38H55B3N10O10. The van der Waals surface area contributed by atoms with Gasteiger partial charge in [-0.25, -0.2) is 0 Å². The van der Waals surface area contributed by atoms with E-state index < -0.39 is 114 Å². The number of fused-ring (bicyclic) bond motifs is 1. The molecule has 20 nitrogen and oxygen atoms in total. The Bertz CT molecular complexity index is 1960. The van der Waals surface area contributed by atoms with Gasteiger partial charge in [-0.15, -0.1) is 0 Å². The number of hydrogen-bond acceptors (Lipinski definition) is 10. The molecule has 0 bridgehead atoms. The second-order valence-electron chi connectivity index (χ2n) is 15.1. The fourth-order valence-electron chi connectivity index (χ4n) is 5.36. The van der Waals surface area contributed by atoms with E-state index in [0.717, 1.165) is 10.9 Å². The van der Waals surface area contributed by atoms with Crippen LogP contribution in [0.5, 0.6) is 0 Å². The van der Waals surface area contributed by atoms with Gasteiger partial charge in [0.05, 0.1) is 25.0 Å². The molecule has 0 fully saturated rings. The third-order valence-electron chi connectivity index (χ3n) is 9.39. The average Bonchev–Trinajstić information content (AvgIpc) is 3.60. The second kappa shape index (κ2) is 23.6. The van der Waals surface area contributed by atoms with Gasteiger partial charge in [0.15, 0.2) is 5.78 Å². The predicted molar refractivity (Wildman–Crippen MR) is 227 cm³/mol. The first-order valence-corrected chi connectivity index (χ1v) is 19.7. The highest BCUT2D eigenvalue weighted by Crippen LogP contribution is 2.19. The first-order valence-electron chi connectivity index (χ1n) is 19.7. The highest BCUT2D eigenvalue weighted by atomic mass is 16.2. The van der Waals surface area contributed by atoms with Crippen molar-refractivity contribution in [2.45, 2.75) is 117 Å². The lowest BCUT2D eigenvalue weighted by Gasteiger charge is -2.25. The van der Waals surface area contributed by atoms with E-state index in [-0.39, 0.29) is 18.1 Å². The molecule has 2 aromatic rings. The number of para-hydroxylation sites is 1. The standard InChI is InChI=1S/C38H55B3N10O10/c1-17(2)31(54)43-16-29(53)51-30(41(39)40)38(61)49-22(7)35(58)46-20(5)33(56)47-23(8)36(59)50-28(14-25-15-42-27-13-11-10-12-26(25)27)37(60)48-21(6)34(57)45-19(4)32(55)44-18(3)24(9)52/h10-13,15,17-23,28,30,42H,14,16H2,1-9H3,(H,43,54)(H,44,55)(H,45,57)(H,46,58)(H,47,56)(H,48,60)(H,49,61)(H,50,59)(H,51,53)/t18-,19+,20+,21-,22-,23-,28?,30-/m0/s1.